The lowest BCUT2D eigenvalue weighted by Crippen LogP contribution is -2.01. The molecule has 94 valence electrons. The smallest absolute Gasteiger partial charge is 0.222 e. The van der Waals surface area contributed by atoms with Crippen LogP contribution >= 0.6 is 27.5 Å². The predicted octanol–water partition coefficient (Wildman–Crippen LogP) is 3.23. The highest BCUT2D eigenvalue weighted by Gasteiger charge is 2.07. The molecule has 0 bridgehead atoms. The fourth-order valence-corrected chi connectivity index (χ4v) is 1.78. The van der Waals surface area contributed by atoms with Crippen molar-refractivity contribution in [3.05, 3.63) is 33.9 Å². The quantitative estimate of drug-likeness (QED) is 0.904. The third kappa shape index (κ3) is 2.83. The van der Waals surface area contributed by atoms with Gasteiger partial charge in [-0.1, -0.05) is 11.6 Å². The van der Waals surface area contributed by atoms with E-state index >= 15 is 0 Å². The predicted molar refractivity (Wildman–Crippen MR) is 75.4 cm³/mol. The van der Waals surface area contributed by atoms with Crippen molar-refractivity contribution in [1.29, 1.82) is 0 Å². The van der Waals surface area contributed by atoms with Gasteiger partial charge in [0.2, 0.25) is 5.95 Å². The Morgan fingerprint density at radius 3 is 2.94 bits per heavy atom. The number of benzene rings is 1. The van der Waals surface area contributed by atoms with Crippen molar-refractivity contribution in [1.82, 2.24) is 9.97 Å². The fourth-order valence-electron chi connectivity index (χ4n) is 1.32. The van der Waals surface area contributed by atoms with Gasteiger partial charge in [-0.05, 0) is 28.1 Å². The number of nitrogens with zero attached hydrogens (tertiary/aromatic N) is 2. The minimum Gasteiger partial charge on any atom is -0.497 e. The molecule has 3 N–H and O–H groups in total. The summed E-state index contributed by atoms with van der Waals surface area (Å²) < 4.78 is 5.82. The molecule has 0 aliphatic rings. The van der Waals surface area contributed by atoms with E-state index in [1.807, 2.05) is 0 Å². The van der Waals surface area contributed by atoms with E-state index in [0.29, 0.717) is 26.8 Å². The second kappa shape index (κ2) is 5.41. The number of methoxy groups -OCH3 is 1. The van der Waals surface area contributed by atoms with Crippen LogP contribution in [0.4, 0.5) is 17.5 Å². The standard InChI is InChI=1S/C11H10BrClN4O/c1-18-6-2-3-8(13)9(4-6)16-10-7(12)5-15-11(14)17-10/h2-5H,1H3,(H3,14,15,16,17). The van der Waals surface area contributed by atoms with E-state index in [9.17, 15) is 0 Å². The highest BCUT2D eigenvalue weighted by Crippen LogP contribution is 2.31. The minimum atomic E-state index is 0.180. The molecule has 2 rings (SSSR count). The molecule has 0 unspecified atom stereocenters. The van der Waals surface area contributed by atoms with Crippen molar-refractivity contribution >= 4 is 45.0 Å². The average Bonchev–Trinajstić information content (AvgIpc) is 2.36. The molecule has 2 aromatic rings. The van der Waals surface area contributed by atoms with Crippen LogP contribution in [-0.4, -0.2) is 17.1 Å². The highest BCUT2D eigenvalue weighted by molar-refractivity contribution is 9.10. The Bertz CT molecular complexity index is 579. The number of aromatic nitrogens is 2. The van der Waals surface area contributed by atoms with Gasteiger partial charge in [0.1, 0.15) is 11.6 Å². The molecule has 1 heterocycles. The zero-order valence-electron chi connectivity index (χ0n) is 9.45. The normalized spacial score (nSPS) is 10.2. The van der Waals surface area contributed by atoms with Crippen molar-refractivity contribution in [3.8, 4) is 5.75 Å². The topological polar surface area (TPSA) is 73.1 Å². The molecule has 0 fully saturated rings. The van der Waals surface area contributed by atoms with Crippen LogP contribution < -0.4 is 15.8 Å². The largest absolute Gasteiger partial charge is 0.497 e. The summed E-state index contributed by atoms with van der Waals surface area (Å²) in [6, 6.07) is 5.28. The molecule has 0 radical (unpaired) electrons. The van der Waals surface area contributed by atoms with Gasteiger partial charge in [-0.3, -0.25) is 0 Å². The van der Waals surface area contributed by atoms with Gasteiger partial charge in [0.05, 0.1) is 22.3 Å². The first-order valence-corrected chi connectivity index (χ1v) is 6.16. The second-order valence-electron chi connectivity index (χ2n) is 3.40. The first-order valence-electron chi connectivity index (χ1n) is 4.98. The number of anilines is 3. The van der Waals surface area contributed by atoms with E-state index in [1.165, 1.54) is 0 Å². The lowest BCUT2D eigenvalue weighted by molar-refractivity contribution is 0.415. The van der Waals surface area contributed by atoms with Crippen LogP contribution in [0.15, 0.2) is 28.9 Å². The van der Waals surface area contributed by atoms with Crippen LogP contribution in [-0.2, 0) is 0 Å². The van der Waals surface area contributed by atoms with Gasteiger partial charge in [0.15, 0.2) is 0 Å². The van der Waals surface area contributed by atoms with Gasteiger partial charge < -0.3 is 15.8 Å². The summed E-state index contributed by atoms with van der Waals surface area (Å²) in [5.74, 6) is 1.41. The van der Waals surface area contributed by atoms with Gasteiger partial charge in [0.25, 0.3) is 0 Å². The fraction of sp³-hybridized carbons (Fsp3) is 0.0909. The highest BCUT2D eigenvalue weighted by atomic mass is 79.9. The van der Waals surface area contributed by atoms with E-state index in [4.69, 9.17) is 22.1 Å². The Morgan fingerprint density at radius 2 is 2.22 bits per heavy atom. The maximum Gasteiger partial charge on any atom is 0.222 e. The zero-order chi connectivity index (χ0) is 13.1. The van der Waals surface area contributed by atoms with Crippen LogP contribution in [0.5, 0.6) is 5.75 Å². The number of hydrogen-bond donors (Lipinski definition) is 2. The minimum absolute atomic E-state index is 0.180. The first-order chi connectivity index (χ1) is 8.60. The summed E-state index contributed by atoms with van der Waals surface area (Å²) >= 11 is 9.42. The molecule has 0 atom stereocenters. The summed E-state index contributed by atoms with van der Waals surface area (Å²) in [6.45, 7) is 0. The van der Waals surface area contributed by atoms with Crippen LogP contribution in [0.1, 0.15) is 0 Å². The maximum atomic E-state index is 6.09. The van der Waals surface area contributed by atoms with Crippen molar-refractivity contribution in [2.75, 3.05) is 18.2 Å². The second-order valence-corrected chi connectivity index (χ2v) is 4.66. The summed E-state index contributed by atoms with van der Waals surface area (Å²) in [6.07, 6.45) is 1.57. The molecule has 0 saturated carbocycles. The molecule has 7 heteroatoms. The van der Waals surface area contributed by atoms with Gasteiger partial charge in [-0.15, -0.1) is 0 Å². The Balaban J connectivity index is 2.36. The molecule has 0 saturated heterocycles. The SMILES string of the molecule is COc1ccc(Cl)c(Nc2nc(N)ncc2Br)c1. The van der Waals surface area contributed by atoms with Gasteiger partial charge >= 0.3 is 0 Å². The Morgan fingerprint density at radius 1 is 1.44 bits per heavy atom. The number of ether oxygens (including phenoxy) is 1. The van der Waals surface area contributed by atoms with Gasteiger partial charge in [0, 0.05) is 12.3 Å². The van der Waals surface area contributed by atoms with Crippen molar-refractivity contribution in [2.24, 2.45) is 0 Å². The molecule has 5 nitrogen and oxygen atoms in total. The van der Waals surface area contributed by atoms with E-state index in [1.54, 1.807) is 31.5 Å². The van der Waals surface area contributed by atoms with Crippen LogP contribution in [0.2, 0.25) is 5.02 Å². The van der Waals surface area contributed by atoms with Crippen LogP contribution in [0.25, 0.3) is 0 Å². The lowest BCUT2D eigenvalue weighted by atomic mass is 10.3. The molecule has 0 aliphatic carbocycles. The van der Waals surface area contributed by atoms with Crippen LogP contribution in [0.3, 0.4) is 0 Å². The lowest BCUT2D eigenvalue weighted by Gasteiger charge is -2.10. The zero-order valence-corrected chi connectivity index (χ0v) is 11.8. The van der Waals surface area contributed by atoms with Crippen molar-refractivity contribution < 1.29 is 4.74 Å². The van der Waals surface area contributed by atoms with E-state index in [-0.39, 0.29) is 5.95 Å². The number of halogens is 2. The van der Waals surface area contributed by atoms with E-state index in [0.717, 1.165) is 0 Å². The molecule has 0 spiro atoms. The average molecular weight is 330 g/mol. The monoisotopic (exact) mass is 328 g/mol. The number of nitrogens with two attached hydrogens (primary N) is 1. The Kier molecular flexibility index (Phi) is 3.88. The number of hydrogen-bond acceptors (Lipinski definition) is 5. The Labute approximate surface area is 117 Å². The summed E-state index contributed by atoms with van der Waals surface area (Å²) in [5.41, 5.74) is 6.21. The van der Waals surface area contributed by atoms with E-state index in [2.05, 4.69) is 31.2 Å². The molecule has 0 amide bonds. The van der Waals surface area contributed by atoms with Gasteiger partial charge in [-0.25, -0.2) is 4.98 Å². The number of rotatable bonds is 3. The van der Waals surface area contributed by atoms with Crippen molar-refractivity contribution in [3.63, 3.8) is 0 Å². The Hall–Kier alpha value is -1.53. The third-order valence-corrected chi connectivity index (χ3v) is 3.10. The summed E-state index contributed by atoms with van der Waals surface area (Å²) in [4.78, 5) is 7.93. The molecule has 1 aromatic heterocycles. The molecule has 1 aromatic carbocycles. The summed E-state index contributed by atoms with van der Waals surface area (Å²) in [7, 11) is 1.59. The van der Waals surface area contributed by atoms with Crippen molar-refractivity contribution in [2.45, 2.75) is 0 Å². The van der Waals surface area contributed by atoms with E-state index < -0.39 is 0 Å². The third-order valence-electron chi connectivity index (χ3n) is 2.19. The maximum absolute atomic E-state index is 6.09. The molecular weight excluding hydrogens is 320 g/mol. The first kappa shape index (κ1) is 12.9. The molecular formula is C11H10BrClN4O. The molecule has 0 aliphatic heterocycles. The molecule has 18 heavy (non-hydrogen) atoms. The summed E-state index contributed by atoms with van der Waals surface area (Å²) in [5, 5.41) is 3.62. The number of nitrogens with one attached hydrogen (secondary N) is 1. The number of nitrogen functional groups attached to an aromatic ring is 1. The van der Waals surface area contributed by atoms with Gasteiger partial charge in [-0.2, -0.15) is 4.98 Å². The van der Waals surface area contributed by atoms with Crippen LogP contribution in [0, 0.1) is 0 Å².